The van der Waals surface area contributed by atoms with Gasteiger partial charge in [0.1, 0.15) is 5.75 Å². The molecular weight excluding hydrogens is 240 g/mol. The van der Waals surface area contributed by atoms with Crippen molar-refractivity contribution in [2.24, 2.45) is 0 Å². The molecule has 0 saturated carbocycles. The summed E-state index contributed by atoms with van der Waals surface area (Å²) in [5.74, 6) is 1.96. The first-order valence-corrected chi connectivity index (χ1v) is 6.98. The number of thioether (sulfide) groups is 1. The van der Waals surface area contributed by atoms with E-state index in [1.54, 1.807) is 7.11 Å². The van der Waals surface area contributed by atoms with Crippen LogP contribution in [-0.2, 0) is 5.75 Å². The molecule has 0 unspecified atom stereocenters. The predicted molar refractivity (Wildman–Crippen MR) is 77.8 cm³/mol. The van der Waals surface area contributed by atoms with Crippen LogP contribution in [-0.4, -0.2) is 7.11 Å². The van der Waals surface area contributed by atoms with E-state index >= 15 is 0 Å². The summed E-state index contributed by atoms with van der Waals surface area (Å²) in [6, 6.07) is 16.8. The molecule has 0 atom stereocenters. The summed E-state index contributed by atoms with van der Waals surface area (Å²) in [4.78, 5) is 0. The monoisotopic (exact) mass is 254 g/mol. The third-order valence-corrected chi connectivity index (χ3v) is 4.01. The number of methoxy groups -OCH3 is 1. The molecule has 1 nitrogen and oxygen atoms in total. The Morgan fingerprint density at radius 3 is 2.67 bits per heavy atom. The first kappa shape index (κ1) is 11.4. The molecule has 0 bridgehead atoms. The Balaban J connectivity index is 2.11. The van der Waals surface area contributed by atoms with Crippen molar-refractivity contribution in [3.8, 4) is 5.75 Å². The second-order valence-electron chi connectivity index (χ2n) is 4.23. The van der Waals surface area contributed by atoms with Gasteiger partial charge in [-0.05, 0) is 39.8 Å². The molecular formula is C16H14OS. The van der Waals surface area contributed by atoms with Crippen molar-refractivity contribution in [2.45, 2.75) is 5.75 Å². The topological polar surface area (TPSA) is 9.23 Å². The summed E-state index contributed by atoms with van der Waals surface area (Å²) in [5, 5.41) is 2.25. The van der Waals surface area contributed by atoms with Gasteiger partial charge in [-0.2, -0.15) is 0 Å². The first-order valence-electron chi connectivity index (χ1n) is 5.93. The van der Waals surface area contributed by atoms with Gasteiger partial charge < -0.3 is 4.74 Å². The van der Waals surface area contributed by atoms with Crippen molar-refractivity contribution >= 4 is 17.3 Å². The van der Waals surface area contributed by atoms with E-state index in [2.05, 4.69) is 41.8 Å². The zero-order valence-corrected chi connectivity index (χ0v) is 11.0. The van der Waals surface area contributed by atoms with Gasteiger partial charge in [0.2, 0.25) is 0 Å². The van der Waals surface area contributed by atoms with Crippen molar-refractivity contribution in [2.75, 3.05) is 7.11 Å². The summed E-state index contributed by atoms with van der Waals surface area (Å²) >= 11 is 1.85. The zero-order valence-electron chi connectivity index (χ0n) is 10.2. The third kappa shape index (κ3) is 2.04. The summed E-state index contributed by atoms with van der Waals surface area (Å²) < 4.78 is 5.33. The van der Waals surface area contributed by atoms with E-state index in [4.69, 9.17) is 4.74 Å². The Kier molecular flexibility index (Phi) is 3.11. The number of hydrogen-bond donors (Lipinski definition) is 0. The normalized spacial score (nSPS) is 13.7. The highest BCUT2D eigenvalue weighted by Crippen LogP contribution is 2.37. The molecule has 0 amide bonds. The smallest absolute Gasteiger partial charge is 0.119 e. The lowest BCUT2D eigenvalue weighted by Crippen LogP contribution is -1.98. The Morgan fingerprint density at radius 1 is 1.06 bits per heavy atom. The Morgan fingerprint density at radius 2 is 1.89 bits per heavy atom. The van der Waals surface area contributed by atoms with Crippen LogP contribution < -0.4 is 4.74 Å². The molecule has 0 spiro atoms. The lowest BCUT2D eigenvalue weighted by atomic mass is 9.95. The minimum atomic E-state index is 0.919. The second-order valence-corrected chi connectivity index (χ2v) is 5.09. The molecule has 0 saturated heterocycles. The molecule has 2 aromatic carbocycles. The minimum Gasteiger partial charge on any atom is -0.497 e. The van der Waals surface area contributed by atoms with Gasteiger partial charge in [0.05, 0.1) is 7.11 Å². The molecule has 0 N–H and O–H groups in total. The highest BCUT2D eigenvalue weighted by Gasteiger charge is 2.15. The Bertz CT molecular complexity index is 587. The van der Waals surface area contributed by atoms with Crippen LogP contribution in [0.3, 0.4) is 0 Å². The van der Waals surface area contributed by atoms with Crippen molar-refractivity contribution < 1.29 is 4.74 Å². The van der Waals surface area contributed by atoms with E-state index in [1.165, 1.54) is 22.3 Å². The highest BCUT2D eigenvalue weighted by atomic mass is 32.2. The first-order chi connectivity index (χ1) is 8.88. The zero-order chi connectivity index (χ0) is 12.4. The molecule has 90 valence electrons. The quantitative estimate of drug-likeness (QED) is 0.788. The van der Waals surface area contributed by atoms with Crippen molar-refractivity contribution in [3.63, 3.8) is 0 Å². The fourth-order valence-corrected chi connectivity index (χ4v) is 3.12. The van der Waals surface area contributed by atoms with Crippen LogP contribution >= 0.6 is 11.8 Å². The van der Waals surface area contributed by atoms with Crippen LogP contribution in [0, 0.1) is 0 Å². The molecule has 1 aliphatic rings. The molecule has 1 heterocycles. The van der Waals surface area contributed by atoms with E-state index in [1.807, 2.05) is 23.9 Å². The van der Waals surface area contributed by atoms with Crippen molar-refractivity contribution in [1.29, 1.82) is 0 Å². The molecule has 0 aliphatic carbocycles. The number of ether oxygens (including phenoxy) is 1. The number of rotatable bonds is 2. The molecule has 18 heavy (non-hydrogen) atoms. The lowest BCUT2D eigenvalue weighted by molar-refractivity contribution is 0.414. The fraction of sp³-hybridized carbons (Fsp3) is 0.125. The van der Waals surface area contributed by atoms with Gasteiger partial charge in [0.25, 0.3) is 0 Å². The van der Waals surface area contributed by atoms with Crippen LogP contribution in [0.1, 0.15) is 16.7 Å². The van der Waals surface area contributed by atoms with Crippen molar-refractivity contribution in [3.05, 3.63) is 70.6 Å². The van der Waals surface area contributed by atoms with Crippen LogP contribution in [0.25, 0.3) is 5.57 Å². The predicted octanol–water partition coefficient (Wildman–Crippen LogP) is 4.33. The van der Waals surface area contributed by atoms with Crippen LogP contribution in [0.5, 0.6) is 5.75 Å². The summed E-state index contributed by atoms with van der Waals surface area (Å²) in [6.07, 6.45) is 0. The average Bonchev–Trinajstić information content (AvgIpc) is 2.47. The highest BCUT2D eigenvalue weighted by molar-refractivity contribution is 8.01. The van der Waals surface area contributed by atoms with Crippen molar-refractivity contribution in [1.82, 2.24) is 0 Å². The van der Waals surface area contributed by atoms with E-state index in [0.29, 0.717) is 0 Å². The van der Waals surface area contributed by atoms with E-state index < -0.39 is 0 Å². The minimum absolute atomic E-state index is 0.919. The van der Waals surface area contributed by atoms with E-state index in [0.717, 1.165) is 11.5 Å². The van der Waals surface area contributed by atoms with Gasteiger partial charge in [0, 0.05) is 5.75 Å². The lowest BCUT2D eigenvalue weighted by Gasteiger charge is -2.18. The van der Waals surface area contributed by atoms with E-state index in [-0.39, 0.29) is 0 Å². The maximum atomic E-state index is 5.33. The SMILES string of the molecule is COc1ccc2c(c1)C(c1ccccc1)=CSC2. The largest absolute Gasteiger partial charge is 0.497 e. The van der Waals surface area contributed by atoms with Gasteiger partial charge in [-0.15, -0.1) is 11.8 Å². The summed E-state index contributed by atoms with van der Waals surface area (Å²) in [5.41, 5.74) is 5.22. The van der Waals surface area contributed by atoms with Gasteiger partial charge >= 0.3 is 0 Å². The number of fused-ring (bicyclic) bond motifs is 1. The second kappa shape index (κ2) is 4.91. The number of benzene rings is 2. The third-order valence-electron chi connectivity index (χ3n) is 3.13. The molecule has 3 rings (SSSR count). The Hall–Kier alpha value is -1.67. The van der Waals surface area contributed by atoms with Gasteiger partial charge in [-0.1, -0.05) is 36.4 Å². The molecule has 2 heteroatoms. The Labute approximate surface area is 111 Å². The van der Waals surface area contributed by atoms with E-state index in [9.17, 15) is 0 Å². The average molecular weight is 254 g/mol. The molecule has 2 aromatic rings. The number of hydrogen-bond acceptors (Lipinski definition) is 2. The summed E-state index contributed by atoms with van der Waals surface area (Å²) in [7, 11) is 1.71. The van der Waals surface area contributed by atoms with Gasteiger partial charge in [-0.25, -0.2) is 0 Å². The van der Waals surface area contributed by atoms with Crippen LogP contribution in [0.2, 0.25) is 0 Å². The molecule has 0 fully saturated rings. The van der Waals surface area contributed by atoms with Crippen LogP contribution in [0.4, 0.5) is 0 Å². The van der Waals surface area contributed by atoms with Crippen LogP contribution in [0.15, 0.2) is 53.9 Å². The fourth-order valence-electron chi connectivity index (χ4n) is 2.18. The molecule has 1 aliphatic heterocycles. The maximum absolute atomic E-state index is 5.33. The van der Waals surface area contributed by atoms with Gasteiger partial charge in [0.15, 0.2) is 0 Å². The molecule has 0 radical (unpaired) electrons. The van der Waals surface area contributed by atoms with Gasteiger partial charge in [-0.3, -0.25) is 0 Å². The molecule has 0 aromatic heterocycles. The summed E-state index contributed by atoms with van der Waals surface area (Å²) in [6.45, 7) is 0. The standard InChI is InChI=1S/C16H14OS/c1-17-14-8-7-13-10-18-11-16(15(13)9-14)12-5-3-2-4-6-12/h2-9,11H,10H2,1H3. The maximum Gasteiger partial charge on any atom is 0.119 e.